The maximum absolute atomic E-state index is 13.3. The van der Waals surface area contributed by atoms with Crippen LogP contribution in [0.15, 0.2) is 17.6 Å². The van der Waals surface area contributed by atoms with Gasteiger partial charge in [-0.05, 0) is 6.26 Å². The average Bonchev–Trinajstić information content (AvgIpc) is 2.23. The summed E-state index contributed by atoms with van der Waals surface area (Å²) in [6.07, 6.45) is 4.37. The maximum Gasteiger partial charge on any atom is 0.187 e. The number of nitrogens with two attached hydrogens (primary N) is 1. The Morgan fingerprint density at radius 1 is 1.36 bits per heavy atom. The van der Waals surface area contributed by atoms with Gasteiger partial charge in [0.1, 0.15) is 11.3 Å². The number of halogens is 1. The molecule has 0 aliphatic heterocycles. The van der Waals surface area contributed by atoms with Crippen LogP contribution in [0.5, 0.6) is 0 Å². The number of aromatic nitrogens is 3. The smallest absolute Gasteiger partial charge is 0.187 e. The zero-order valence-corrected chi connectivity index (χ0v) is 8.18. The van der Waals surface area contributed by atoms with Crippen LogP contribution in [0.1, 0.15) is 0 Å². The predicted molar refractivity (Wildman–Crippen MR) is 53.5 cm³/mol. The van der Waals surface area contributed by atoms with Crippen molar-refractivity contribution in [2.75, 3.05) is 12.0 Å². The molecule has 0 saturated carbocycles. The molecule has 4 nitrogen and oxygen atoms in total. The molecule has 0 unspecified atom stereocenters. The number of anilines is 1. The number of pyridine rings is 1. The Morgan fingerprint density at radius 3 is 2.86 bits per heavy atom. The van der Waals surface area contributed by atoms with E-state index in [0.717, 1.165) is 6.20 Å². The standard InChI is InChI=1S/C8H7FN4S/c1-14-8-12-2-4-6(13-8)5(9)3-11-7(4)10/h2-3H,1H3,(H2,10,11). The minimum atomic E-state index is -0.480. The lowest BCUT2D eigenvalue weighted by Gasteiger charge is -2.01. The molecule has 0 aliphatic rings. The van der Waals surface area contributed by atoms with E-state index in [0.29, 0.717) is 10.5 Å². The van der Waals surface area contributed by atoms with Crippen molar-refractivity contribution in [3.63, 3.8) is 0 Å². The second-order valence-electron chi connectivity index (χ2n) is 2.61. The molecule has 2 aromatic heterocycles. The van der Waals surface area contributed by atoms with E-state index in [1.807, 2.05) is 6.26 Å². The van der Waals surface area contributed by atoms with Crippen LogP contribution >= 0.6 is 11.8 Å². The summed E-state index contributed by atoms with van der Waals surface area (Å²) < 4.78 is 13.3. The van der Waals surface area contributed by atoms with Gasteiger partial charge in [-0.2, -0.15) is 0 Å². The third-order valence-corrected chi connectivity index (χ3v) is 2.33. The van der Waals surface area contributed by atoms with Crippen molar-refractivity contribution in [3.05, 3.63) is 18.2 Å². The molecule has 2 heterocycles. The van der Waals surface area contributed by atoms with Crippen LogP contribution in [0.25, 0.3) is 10.9 Å². The molecule has 2 N–H and O–H groups in total. The second-order valence-corrected chi connectivity index (χ2v) is 3.38. The van der Waals surface area contributed by atoms with E-state index in [1.54, 1.807) is 0 Å². The SMILES string of the molecule is CSc1ncc2c(N)ncc(F)c2n1. The van der Waals surface area contributed by atoms with E-state index in [1.165, 1.54) is 18.0 Å². The molecule has 0 spiro atoms. The van der Waals surface area contributed by atoms with Crippen molar-refractivity contribution in [1.29, 1.82) is 0 Å². The van der Waals surface area contributed by atoms with Crippen molar-refractivity contribution in [3.8, 4) is 0 Å². The minimum absolute atomic E-state index is 0.219. The van der Waals surface area contributed by atoms with Crippen LogP contribution in [0.4, 0.5) is 10.2 Å². The molecule has 72 valence electrons. The highest BCUT2D eigenvalue weighted by Gasteiger charge is 2.07. The van der Waals surface area contributed by atoms with E-state index >= 15 is 0 Å². The number of nitrogen functional groups attached to an aromatic ring is 1. The summed E-state index contributed by atoms with van der Waals surface area (Å²) in [5.74, 6) is -0.235. The van der Waals surface area contributed by atoms with Gasteiger partial charge >= 0.3 is 0 Å². The van der Waals surface area contributed by atoms with E-state index in [4.69, 9.17) is 5.73 Å². The summed E-state index contributed by atoms with van der Waals surface area (Å²) in [5.41, 5.74) is 5.77. The summed E-state index contributed by atoms with van der Waals surface area (Å²) in [5, 5.41) is 0.963. The van der Waals surface area contributed by atoms with Crippen LogP contribution in [-0.4, -0.2) is 21.2 Å². The normalized spacial score (nSPS) is 10.7. The van der Waals surface area contributed by atoms with E-state index < -0.39 is 5.82 Å². The zero-order chi connectivity index (χ0) is 10.1. The van der Waals surface area contributed by atoms with Gasteiger partial charge in [0, 0.05) is 6.20 Å². The molecule has 0 fully saturated rings. The van der Waals surface area contributed by atoms with Gasteiger partial charge in [0.25, 0.3) is 0 Å². The number of nitrogens with zero attached hydrogens (tertiary/aromatic N) is 3. The lowest BCUT2D eigenvalue weighted by molar-refractivity contribution is 0.629. The number of rotatable bonds is 1. The third-order valence-electron chi connectivity index (χ3n) is 1.77. The van der Waals surface area contributed by atoms with Crippen LogP contribution in [0, 0.1) is 5.82 Å². The van der Waals surface area contributed by atoms with Gasteiger partial charge in [-0.1, -0.05) is 11.8 Å². The number of hydrogen-bond acceptors (Lipinski definition) is 5. The largest absolute Gasteiger partial charge is 0.383 e. The molecule has 0 atom stereocenters. The van der Waals surface area contributed by atoms with E-state index in [-0.39, 0.29) is 11.3 Å². The molecular weight excluding hydrogens is 203 g/mol. The summed E-state index contributed by atoms with van der Waals surface area (Å²) in [4.78, 5) is 11.7. The van der Waals surface area contributed by atoms with Gasteiger partial charge in [-0.25, -0.2) is 19.3 Å². The third kappa shape index (κ3) is 1.37. The molecule has 0 radical (unpaired) electrons. The Balaban J connectivity index is 2.80. The van der Waals surface area contributed by atoms with Crippen molar-refractivity contribution in [2.45, 2.75) is 5.16 Å². The number of thioether (sulfide) groups is 1. The summed E-state index contributed by atoms with van der Waals surface area (Å²) in [6.45, 7) is 0. The second kappa shape index (κ2) is 3.38. The highest BCUT2D eigenvalue weighted by atomic mass is 32.2. The van der Waals surface area contributed by atoms with Crippen LogP contribution < -0.4 is 5.73 Å². The molecule has 0 saturated heterocycles. The molecule has 2 aromatic rings. The molecule has 14 heavy (non-hydrogen) atoms. The van der Waals surface area contributed by atoms with Gasteiger partial charge in [0.05, 0.1) is 11.6 Å². The monoisotopic (exact) mass is 210 g/mol. The van der Waals surface area contributed by atoms with Gasteiger partial charge in [0.15, 0.2) is 11.0 Å². The van der Waals surface area contributed by atoms with Crippen molar-refractivity contribution < 1.29 is 4.39 Å². The Hall–Kier alpha value is -1.43. The highest BCUT2D eigenvalue weighted by Crippen LogP contribution is 2.20. The molecule has 0 aliphatic carbocycles. The summed E-state index contributed by atoms with van der Waals surface area (Å²) >= 11 is 1.35. The Morgan fingerprint density at radius 2 is 2.14 bits per heavy atom. The number of fused-ring (bicyclic) bond motifs is 1. The maximum atomic E-state index is 13.3. The quantitative estimate of drug-likeness (QED) is 0.570. The predicted octanol–water partition coefficient (Wildman–Crippen LogP) is 1.47. The van der Waals surface area contributed by atoms with Gasteiger partial charge in [-0.15, -0.1) is 0 Å². The first-order valence-corrected chi connectivity index (χ1v) is 5.05. The highest BCUT2D eigenvalue weighted by molar-refractivity contribution is 7.98. The molecule has 0 bridgehead atoms. The minimum Gasteiger partial charge on any atom is -0.383 e. The Kier molecular flexibility index (Phi) is 2.20. The summed E-state index contributed by atoms with van der Waals surface area (Å²) in [7, 11) is 0. The fraction of sp³-hybridized carbons (Fsp3) is 0.125. The molecule has 0 aromatic carbocycles. The molecule has 0 amide bonds. The van der Waals surface area contributed by atoms with E-state index in [2.05, 4.69) is 15.0 Å². The molecular formula is C8H7FN4S. The van der Waals surface area contributed by atoms with Gasteiger partial charge in [-0.3, -0.25) is 0 Å². The molecule has 2 rings (SSSR count). The van der Waals surface area contributed by atoms with Crippen molar-refractivity contribution in [2.24, 2.45) is 0 Å². The Bertz CT molecular complexity index is 488. The Labute approximate surface area is 83.8 Å². The summed E-state index contributed by atoms with van der Waals surface area (Å²) in [6, 6.07) is 0. The fourth-order valence-electron chi connectivity index (χ4n) is 1.09. The lowest BCUT2D eigenvalue weighted by atomic mass is 10.3. The zero-order valence-electron chi connectivity index (χ0n) is 7.36. The van der Waals surface area contributed by atoms with E-state index in [9.17, 15) is 4.39 Å². The average molecular weight is 210 g/mol. The first kappa shape index (κ1) is 9.14. The van der Waals surface area contributed by atoms with Crippen LogP contribution in [0.3, 0.4) is 0 Å². The van der Waals surface area contributed by atoms with Gasteiger partial charge in [0.2, 0.25) is 0 Å². The van der Waals surface area contributed by atoms with Crippen LogP contribution in [0.2, 0.25) is 0 Å². The topological polar surface area (TPSA) is 64.7 Å². The van der Waals surface area contributed by atoms with Crippen molar-refractivity contribution in [1.82, 2.24) is 15.0 Å². The van der Waals surface area contributed by atoms with Gasteiger partial charge < -0.3 is 5.73 Å². The number of hydrogen-bond donors (Lipinski definition) is 1. The molecule has 6 heteroatoms. The lowest BCUT2D eigenvalue weighted by Crippen LogP contribution is -1.97. The van der Waals surface area contributed by atoms with Crippen LogP contribution in [-0.2, 0) is 0 Å². The first-order chi connectivity index (χ1) is 6.72. The fourth-order valence-corrected chi connectivity index (χ4v) is 1.43. The van der Waals surface area contributed by atoms with Crippen molar-refractivity contribution >= 4 is 28.5 Å². The first-order valence-electron chi connectivity index (χ1n) is 3.83.